The molecule has 0 amide bonds. The molecule has 0 fully saturated rings. The summed E-state index contributed by atoms with van der Waals surface area (Å²) in [5, 5.41) is 0. The van der Waals surface area contributed by atoms with Crippen LogP contribution in [0.5, 0.6) is 5.75 Å². The third-order valence-corrected chi connectivity index (χ3v) is 1.86. The first kappa shape index (κ1) is 10.1. The lowest BCUT2D eigenvalue weighted by Gasteiger charge is -2.05. The molecule has 0 aliphatic carbocycles. The highest BCUT2D eigenvalue weighted by Crippen LogP contribution is 2.15. The smallest absolute Gasteiger partial charge is 0.122 e. The van der Waals surface area contributed by atoms with Crippen LogP contribution in [0.3, 0.4) is 0 Å². The monoisotopic (exact) mass is 196 g/mol. The van der Waals surface area contributed by atoms with Gasteiger partial charge in [0.2, 0.25) is 0 Å². The molecule has 0 heterocycles. The van der Waals surface area contributed by atoms with Gasteiger partial charge in [-0.05, 0) is 18.6 Å². The summed E-state index contributed by atoms with van der Waals surface area (Å²) in [6, 6.07) is 7.95. The SMILES string of the molecule is Cc1ccccc1OCC=CCCl. The van der Waals surface area contributed by atoms with E-state index < -0.39 is 0 Å². The van der Waals surface area contributed by atoms with E-state index in [0.29, 0.717) is 12.5 Å². The molecule has 13 heavy (non-hydrogen) atoms. The fourth-order valence-electron chi connectivity index (χ4n) is 0.987. The van der Waals surface area contributed by atoms with Crippen LogP contribution in [0.4, 0.5) is 0 Å². The maximum atomic E-state index is 5.49. The molecule has 1 aromatic rings. The zero-order valence-corrected chi connectivity index (χ0v) is 8.42. The maximum absolute atomic E-state index is 5.49. The predicted molar refractivity (Wildman–Crippen MR) is 56.5 cm³/mol. The van der Waals surface area contributed by atoms with E-state index >= 15 is 0 Å². The third kappa shape index (κ3) is 3.51. The van der Waals surface area contributed by atoms with Crippen LogP contribution in [0.25, 0.3) is 0 Å². The van der Waals surface area contributed by atoms with E-state index in [1.165, 1.54) is 0 Å². The average Bonchev–Trinajstić information content (AvgIpc) is 2.15. The third-order valence-electron chi connectivity index (χ3n) is 1.68. The number of halogens is 1. The molecular weight excluding hydrogens is 184 g/mol. The molecule has 0 unspecified atom stereocenters. The number of rotatable bonds is 4. The van der Waals surface area contributed by atoms with Crippen LogP contribution in [0, 0.1) is 6.92 Å². The standard InChI is InChI=1S/C11H13ClO/c1-10-6-2-3-7-11(10)13-9-5-4-8-12/h2-7H,8-9H2,1H3. The summed E-state index contributed by atoms with van der Waals surface area (Å²) in [5.74, 6) is 1.47. The second-order valence-corrected chi connectivity index (χ2v) is 3.01. The Bertz CT molecular complexity index is 281. The molecule has 0 spiro atoms. The lowest BCUT2D eigenvalue weighted by molar-refractivity contribution is 0.360. The highest BCUT2D eigenvalue weighted by atomic mass is 35.5. The van der Waals surface area contributed by atoms with Crippen molar-refractivity contribution in [3.8, 4) is 5.75 Å². The molecule has 0 atom stereocenters. The van der Waals surface area contributed by atoms with Gasteiger partial charge in [0.15, 0.2) is 0 Å². The van der Waals surface area contributed by atoms with Crippen molar-refractivity contribution in [2.24, 2.45) is 0 Å². The zero-order valence-electron chi connectivity index (χ0n) is 7.66. The molecule has 0 N–H and O–H groups in total. The van der Waals surface area contributed by atoms with E-state index in [2.05, 4.69) is 0 Å². The van der Waals surface area contributed by atoms with Crippen LogP contribution >= 0.6 is 11.6 Å². The Morgan fingerprint density at radius 1 is 1.31 bits per heavy atom. The van der Waals surface area contributed by atoms with Gasteiger partial charge in [0.1, 0.15) is 12.4 Å². The number of alkyl halides is 1. The van der Waals surface area contributed by atoms with Gasteiger partial charge in [-0.15, -0.1) is 11.6 Å². The van der Waals surface area contributed by atoms with Gasteiger partial charge in [-0.25, -0.2) is 0 Å². The van der Waals surface area contributed by atoms with Crippen molar-refractivity contribution < 1.29 is 4.74 Å². The van der Waals surface area contributed by atoms with Gasteiger partial charge >= 0.3 is 0 Å². The highest BCUT2D eigenvalue weighted by Gasteiger charge is 1.94. The maximum Gasteiger partial charge on any atom is 0.122 e. The van der Waals surface area contributed by atoms with E-state index in [-0.39, 0.29) is 0 Å². The molecular formula is C11H13ClO. The molecule has 2 heteroatoms. The number of para-hydroxylation sites is 1. The Morgan fingerprint density at radius 3 is 2.77 bits per heavy atom. The summed E-state index contributed by atoms with van der Waals surface area (Å²) < 4.78 is 5.49. The molecule has 0 bridgehead atoms. The van der Waals surface area contributed by atoms with E-state index in [0.717, 1.165) is 11.3 Å². The molecule has 1 rings (SSSR count). The molecule has 0 aromatic heterocycles. The minimum Gasteiger partial charge on any atom is -0.489 e. The van der Waals surface area contributed by atoms with Crippen molar-refractivity contribution >= 4 is 11.6 Å². The zero-order chi connectivity index (χ0) is 9.52. The number of aryl methyl sites for hydroxylation is 1. The average molecular weight is 197 g/mol. The molecule has 1 aromatic carbocycles. The predicted octanol–water partition coefficient (Wildman–Crippen LogP) is 3.17. The summed E-state index contributed by atoms with van der Waals surface area (Å²) >= 11 is 5.47. The molecule has 0 saturated heterocycles. The Hall–Kier alpha value is -0.950. The normalized spacial score (nSPS) is 10.6. The quantitative estimate of drug-likeness (QED) is 0.531. The van der Waals surface area contributed by atoms with Crippen molar-refractivity contribution in [1.82, 2.24) is 0 Å². The minimum atomic E-state index is 0.539. The van der Waals surface area contributed by atoms with Gasteiger partial charge in [0.05, 0.1) is 0 Å². The first-order chi connectivity index (χ1) is 6.34. The van der Waals surface area contributed by atoms with Crippen molar-refractivity contribution in [2.75, 3.05) is 12.5 Å². The van der Waals surface area contributed by atoms with Gasteiger partial charge in [0, 0.05) is 5.88 Å². The molecule has 0 radical (unpaired) electrons. The van der Waals surface area contributed by atoms with Crippen LogP contribution in [-0.2, 0) is 0 Å². The van der Waals surface area contributed by atoms with Gasteiger partial charge < -0.3 is 4.74 Å². The summed E-state index contributed by atoms with van der Waals surface area (Å²) in [4.78, 5) is 0. The lowest BCUT2D eigenvalue weighted by Crippen LogP contribution is -1.94. The van der Waals surface area contributed by atoms with Crippen molar-refractivity contribution in [1.29, 1.82) is 0 Å². The van der Waals surface area contributed by atoms with E-state index in [9.17, 15) is 0 Å². The molecule has 0 aliphatic heterocycles. The number of ether oxygens (including phenoxy) is 1. The van der Waals surface area contributed by atoms with E-state index in [1.807, 2.05) is 43.3 Å². The fourth-order valence-corrected chi connectivity index (χ4v) is 1.11. The van der Waals surface area contributed by atoms with Crippen molar-refractivity contribution in [3.05, 3.63) is 42.0 Å². The minimum absolute atomic E-state index is 0.539. The molecule has 0 saturated carbocycles. The van der Waals surface area contributed by atoms with E-state index in [4.69, 9.17) is 16.3 Å². The number of benzene rings is 1. The van der Waals surface area contributed by atoms with E-state index in [1.54, 1.807) is 0 Å². The van der Waals surface area contributed by atoms with Crippen LogP contribution in [0.2, 0.25) is 0 Å². The molecule has 1 nitrogen and oxygen atoms in total. The van der Waals surface area contributed by atoms with Gasteiger partial charge in [-0.3, -0.25) is 0 Å². The summed E-state index contributed by atoms with van der Waals surface area (Å²) in [6.45, 7) is 2.61. The first-order valence-electron chi connectivity index (χ1n) is 4.24. The molecule has 70 valence electrons. The van der Waals surface area contributed by atoms with Crippen LogP contribution in [0.15, 0.2) is 36.4 Å². The van der Waals surface area contributed by atoms with Crippen molar-refractivity contribution in [3.63, 3.8) is 0 Å². The van der Waals surface area contributed by atoms with Crippen LogP contribution in [0.1, 0.15) is 5.56 Å². The largest absolute Gasteiger partial charge is 0.489 e. The second kappa shape index (κ2) is 5.65. The topological polar surface area (TPSA) is 9.23 Å². The Morgan fingerprint density at radius 2 is 2.08 bits per heavy atom. The summed E-state index contributed by atoms with van der Waals surface area (Å²) in [6.07, 6.45) is 3.79. The van der Waals surface area contributed by atoms with Gasteiger partial charge in [0.25, 0.3) is 0 Å². The number of allylic oxidation sites excluding steroid dienone is 1. The van der Waals surface area contributed by atoms with Crippen molar-refractivity contribution in [2.45, 2.75) is 6.92 Å². The first-order valence-corrected chi connectivity index (χ1v) is 4.77. The Labute approximate surface area is 84.0 Å². The number of hydrogen-bond acceptors (Lipinski definition) is 1. The van der Waals surface area contributed by atoms with Gasteiger partial charge in [-0.1, -0.05) is 30.4 Å². The highest BCUT2D eigenvalue weighted by molar-refractivity contribution is 6.18. The lowest BCUT2D eigenvalue weighted by atomic mass is 10.2. The summed E-state index contributed by atoms with van der Waals surface area (Å²) in [7, 11) is 0. The number of hydrogen-bond donors (Lipinski definition) is 0. The fraction of sp³-hybridized carbons (Fsp3) is 0.273. The Balaban J connectivity index is 2.45. The van der Waals surface area contributed by atoms with Gasteiger partial charge in [-0.2, -0.15) is 0 Å². The molecule has 0 aliphatic rings. The Kier molecular flexibility index (Phi) is 4.41. The summed E-state index contributed by atoms with van der Waals surface area (Å²) in [5.41, 5.74) is 1.15. The van der Waals surface area contributed by atoms with Crippen LogP contribution < -0.4 is 4.74 Å². The van der Waals surface area contributed by atoms with Crippen LogP contribution in [-0.4, -0.2) is 12.5 Å². The second-order valence-electron chi connectivity index (χ2n) is 2.70.